The molecule has 0 aliphatic carbocycles. The van der Waals surface area contributed by atoms with Gasteiger partial charge in [-0.1, -0.05) is 13.8 Å². The number of hydrogen-bond acceptors (Lipinski definition) is 4. The van der Waals surface area contributed by atoms with Crippen molar-refractivity contribution in [2.75, 3.05) is 13.1 Å². The molecule has 0 saturated carbocycles. The number of benzene rings is 1. The normalized spacial score (nSPS) is 15.9. The van der Waals surface area contributed by atoms with Crippen LogP contribution in [0, 0.1) is 5.92 Å². The van der Waals surface area contributed by atoms with E-state index in [-0.39, 0.29) is 40.8 Å². The third-order valence-electron chi connectivity index (χ3n) is 3.80. The van der Waals surface area contributed by atoms with Gasteiger partial charge in [-0.05, 0) is 25.0 Å². The Morgan fingerprint density at radius 3 is 2.18 bits per heavy atom. The van der Waals surface area contributed by atoms with Crippen LogP contribution in [0.15, 0.2) is 18.2 Å². The highest BCUT2D eigenvalue weighted by Crippen LogP contribution is 2.21. The molecule has 6 heteroatoms. The molecule has 120 valence electrons. The average molecular weight is 306 g/mol. The second kappa shape index (κ2) is 6.68. The van der Waals surface area contributed by atoms with Gasteiger partial charge >= 0.3 is 0 Å². The predicted molar refractivity (Wildman–Crippen MR) is 81.7 cm³/mol. The minimum absolute atomic E-state index is 0.00629. The molecule has 22 heavy (non-hydrogen) atoms. The van der Waals surface area contributed by atoms with Crippen molar-refractivity contribution in [3.05, 3.63) is 23.8 Å². The van der Waals surface area contributed by atoms with Crippen molar-refractivity contribution in [1.29, 1.82) is 0 Å². The highest BCUT2D eigenvalue weighted by Gasteiger charge is 2.25. The fourth-order valence-electron chi connectivity index (χ4n) is 2.60. The van der Waals surface area contributed by atoms with Gasteiger partial charge in [0.25, 0.3) is 5.91 Å². The maximum atomic E-state index is 12.1. The Morgan fingerprint density at radius 2 is 1.68 bits per heavy atom. The number of phenols is 2. The molecule has 2 amide bonds. The summed E-state index contributed by atoms with van der Waals surface area (Å²) in [6.45, 7) is 5.02. The van der Waals surface area contributed by atoms with Gasteiger partial charge in [-0.3, -0.25) is 9.59 Å². The molecule has 0 radical (unpaired) electrons. The largest absolute Gasteiger partial charge is 0.508 e. The Morgan fingerprint density at radius 1 is 1.14 bits per heavy atom. The number of phenolic OH excluding ortho intramolecular Hbond substituents is 2. The number of carbonyl (C=O) groups is 2. The van der Waals surface area contributed by atoms with Crippen LogP contribution < -0.4 is 5.32 Å². The van der Waals surface area contributed by atoms with Crippen LogP contribution in [0.3, 0.4) is 0 Å². The zero-order chi connectivity index (χ0) is 16.3. The molecule has 1 heterocycles. The molecule has 0 bridgehead atoms. The van der Waals surface area contributed by atoms with Crippen LogP contribution in [0.1, 0.15) is 37.0 Å². The first-order chi connectivity index (χ1) is 10.4. The molecule has 0 atom stereocenters. The van der Waals surface area contributed by atoms with Gasteiger partial charge in [0.1, 0.15) is 11.5 Å². The van der Waals surface area contributed by atoms with E-state index in [1.165, 1.54) is 18.2 Å². The van der Waals surface area contributed by atoms with Crippen molar-refractivity contribution in [3.63, 3.8) is 0 Å². The molecule has 1 aromatic rings. The Hall–Kier alpha value is -2.24. The Bertz CT molecular complexity index is 543. The summed E-state index contributed by atoms with van der Waals surface area (Å²) < 4.78 is 0. The molecule has 0 aromatic heterocycles. The van der Waals surface area contributed by atoms with Crippen LogP contribution >= 0.6 is 0 Å². The minimum atomic E-state index is -0.333. The highest BCUT2D eigenvalue weighted by molar-refractivity contribution is 5.95. The monoisotopic (exact) mass is 306 g/mol. The predicted octanol–water partition coefficient (Wildman–Crippen LogP) is 1.47. The second-order valence-corrected chi connectivity index (χ2v) is 5.97. The van der Waals surface area contributed by atoms with E-state index in [2.05, 4.69) is 5.32 Å². The molecular formula is C16H22N2O4. The van der Waals surface area contributed by atoms with E-state index in [4.69, 9.17) is 0 Å². The maximum absolute atomic E-state index is 12.1. The quantitative estimate of drug-likeness (QED) is 0.789. The number of rotatable bonds is 3. The topological polar surface area (TPSA) is 89.9 Å². The molecule has 2 rings (SSSR count). The van der Waals surface area contributed by atoms with Crippen LogP contribution in [-0.2, 0) is 4.79 Å². The lowest BCUT2D eigenvalue weighted by Gasteiger charge is -2.33. The number of amides is 2. The molecule has 1 aliphatic heterocycles. The number of carbonyl (C=O) groups excluding carboxylic acids is 2. The molecule has 0 unspecified atom stereocenters. The van der Waals surface area contributed by atoms with E-state index in [1.54, 1.807) is 0 Å². The Balaban J connectivity index is 1.90. The van der Waals surface area contributed by atoms with Crippen molar-refractivity contribution in [1.82, 2.24) is 10.2 Å². The lowest BCUT2D eigenvalue weighted by molar-refractivity contribution is -0.135. The first-order valence-corrected chi connectivity index (χ1v) is 7.49. The first-order valence-electron chi connectivity index (χ1n) is 7.49. The summed E-state index contributed by atoms with van der Waals surface area (Å²) in [5, 5.41) is 21.7. The minimum Gasteiger partial charge on any atom is -0.508 e. The fourth-order valence-corrected chi connectivity index (χ4v) is 2.60. The third kappa shape index (κ3) is 3.90. The van der Waals surface area contributed by atoms with E-state index < -0.39 is 0 Å². The van der Waals surface area contributed by atoms with E-state index in [0.717, 1.165) is 0 Å². The summed E-state index contributed by atoms with van der Waals surface area (Å²) in [6, 6.07) is 3.79. The number of piperidine rings is 1. The van der Waals surface area contributed by atoms with Crippen molar-refractivity contribution in [3.8, 4) is 11.5 Å². The summed E-state index contributed by atoms with van der Waals surface area (Å²) in [5.74, 6) is -0.506. The van der Waals surface area contributed by atoms with Gasteiger partial charge in [0.15, 0.2) is 0 Å². The van der Waals surface area contributed by atoms with E-state index >= 15 is 0 Å². The summed E-state index contributed by atoms with van der Waals surface area (Å²) in [4.78, 5) is 25.9. The van der Waals surface area contributed by atoms with Gasteiger partial charge < -0.3 is 20.4 Å². The van der Waals surface area contributed by atoms with Crippen LogP contribution in [0.4, 0.5) is 0 Å². The van der Waals surface area contributed by atoms with Gasteiger partial charge in [0.2, 0.25) is 5.91 Å². The van der Waals surface area contributed by atoms with E-state index in [0.29, 0.717) is 25.9 Å². The zero-order valence-electron chi connectivity index (χ0n) is 12.9. The number of nitrogens with one attached hydrogen (secondary N) is 1. The molecule has 0 spiro atoms. The smallest absolute Gasteiger partial charge is 0.251 e. The summed E-state index contributed by atoms with van der Waals surface area (Å²) >= 11 is 0. The molecule has 1 fully saturated rings. The fraction of sp³-hybridized carbons (Fsp3) is 0.500. The van der Waals surface area contributed by atoms with Crippen molar-refractivity contribution in [2.45, 2.75) is 32.7 Å². The maximum Gasteiger partial charge on any atom is 0.251 e. The lowest BCUT2D eigenvalue weighted by atomic mass is 10.0. The molecular weight excluding hydrogens is 284 g/mol. The van der Waals surface area contributed by atoms with Gasteiger partial charge in [0.05, 0.1) is 0 Å². The van der Waals surface area contributed by atoms with Crippen LogP contribution in [0.25, 0.3) is 0 Å². The van der Waals surface area contributed by atoms with Crippen LogP contribution in [0.5, 0.6) is 11.5 Å². The number of likely N-dealkylation sites (tertiary alicyclic amines) is 1. The number of nitrogens with zero attached hydrogens (tertiary/aromatic N) is 1. The average Bonchev–Trinajstić information content (AvgIpc) is 2.46. The third-order valence-corrected chi connectivity index (χ3v) is 3.80. The van der Waals surface area contributed by atoms with Gasteiger partial charge in [-0.2, -0.15) is 0 Å². The SMILES string of the molecule is CC(C)C(=O)N1CCC(NC(=O)c2cc(O)cc(O)c2)CC1. The number of hydrogen-bond donors (Lipinski definition) is 3. The number of aromatic hydroxyl groups is 2. The lowest BCUT2D eigenvalue weighted by Crippen LogP contribution is -2.47. The van der Waals surface area contributed by atoms with Gasteiger partial charge in [0, 0.05) is 36.7 Å². The standard InChI is InChI=1S/C16H22N2O4/c1-10(2)16(22)18-5-3-12(4-6-18)17-15(21)11-7-13(19)9-14(20)8-11/h7-10,12,19-20H,3-6H2,1-2H3,(H,17,21). The molecule has 1 aromatic carbocycles. The van der Waals surface area contributed by atoms with E-state index in [9.17, 15) is 19.8 Å². The summed E-state index contributed by atoms with van der Waals surface area (Å²) in [7, 11) is 0. The molecule has 1 saturated heterocycles. The highest BCUT2D eigenvalue weighted by atomic mass is 16.3. The van der Waals surface area contributed by atoms with Crippen LogP contribution in [0.2, 0.25) is 0 Å². The van der Waals surface area contributed by atoms with Crippen molar-refractivity contribution in [2.24, 2.45) is 5.92 Å². The summed E-state index contributed by atoms with van der Waals surface area (Å²) in [6.07, 6.45) is 1.41. The van der Waals surface area contributed by atoms with Gasteiger partial charge in [-0.15, -0.1) is 0 Å². The van der Waals surface area contributed by atoms with Crippen molar-refractivity contribution >= 4 is 11.8 Å². The summed E-state index contributed by atoms with van der Waals surface area (Å²) in [5.41, 5.74) is 0.221. The van der Waals surface area contributed by atoms with Gasteiger partial charge in [-0.25, -0.2) is 0 Å². The van der Waals surface area contributed by atoms with Crippen LogP contribution in [-0.4, -0.2) is 46.1 Å². The van der Waals surface area contributed by atoms with Crippen molar-refractivity contribution < 1.29 is 19.8 Å². The first kappa shape index (κ1) is 16.1. The molecule has 1 aliphatic rings. The molecule has 6 nitrogen and oxygen atoms in total. The Kier molecular flexibility index (Phi) is 4.90. The Labute approximate surface area is 129 Å². The zero-order valence-corrected chi connectivity index (χ0v) is 12.9. The molecule has 3 N–H and O–H groups in total. The van der Waals surface area contributed by atoms with E-state index in [1.807, 2.05) is 18.7 Å². The second-order valence-electron chi connectivity index (χ2n) is 5.97.